The van der Waals surface area contributed by atoms with Gasteiger partial charge in [0.15, 0.2) is 5.84 Å². The molecule has 1 rings (SSSR count). The summed E-state index contributed by atoms with van der Waals surface area (Å²) in [5.74, 6) is 0.283. The maximum absolute atomic E-state index is 12.1. The standard InChI is InChI=1S/C10H15N3O3S/c1-6(9(11)12-15)13(2)10(14)8-7(16-3)4-5-17-8/h4-6,15H,1-3H3,(H2,11,12). The van der Waals surface area contributed by atoms with E-state index in [1.54, 1.807) is 25.4 Å². The predicted octanol–water partition coefficient (Wildman–Crippen LogP) is 0.964. The second-order valence-corrected chi connectivity index (χ2v) is 4.35. The maximum Gasteiger partial charge on any atom is 0.268 e. The maximum atomic E-state index is 12.1. The molecule has 0 saturated carbocycles. The third kappa shape index (κ3) is 2.68. The minimum atomic E-state index is -0.487. The largest absolute Gasteiger partial charge is 0.495 e. The molecule has 17 heavy (non-hydrogen) atoms. The molecule has 0 aliphatic heterocycles. The van der Waals surface area contributed by atoms with Crippen molar-refractivity contribution in [2.75, 3.05) is 14.2 Å². The number of methoxy groups -OCH3 is 1. The number of amides is 1. The molecule has 0 aliphatic carbocycles. The molecule has 7 heteroatoms. The molecule has 0 radical (unpaired) electrons. The molecular formula is C10H15N3O3S. The number of rotatable bonds is 4. The van der Waals surface area contributed by atoms with Gasteiger partial charge in [0.1, 0.15) is 10.6 Å². The molecule has 1 heterocycles. The molecule has 6 nitrogen and oxygen atoms in total. The summed E-state index contributed by atoms with van der Waals surface area (Å²) in [5, 5.41) is 13.2. The fourth-order valence-corrected chi connectivity index (χ4v) is 2.07. The van der Waals surface area contributed by atoms with Crippen molar-refractivity contribution in [3.8, 4) is 5.75 Å². The molecule has 0 bridgehead atoms. The van der Waals surface area contributed by atoms with Crippen LogP contribution >= 0.6 is 11.3 Å². The molecular weight excluding hydrogens is 242 g/mol. The van der Waals surface area contributed by atoms with Crippen molar-refractivity contribution in [2.24, 2.45) is 10.9 Å². The van der Waals surface area contributed by atoms with E-state index in [-0.39, 0.29) is 11.7 Å². The number of nitrogens with two attached hydrogens (primary N) is 1. The highest BCUT2D eigenvalue weighted by molar-refractivity contribution is 7.12. The summed E-state index contributed by atoms with van der Waals surface area (Å²) >= 11 is 1.29. The Bertz CT molecular complexity index is 430. The van der Waals surface area contributed by atoms with Crippen molar-refractivity contribution in [3.05, 3.63) is 16.3 Å². The van der Waals surface area contributed by atoms with Gasteiger partial charge in [0, 0.05) is 7.05 Å². The van der Waals surface area contributed by atoms with Gasteiger partial charge in [0.25, 0.3) is 5.91 Å². The van der Waals surface area contributed by atoms with E-state index in [0.29, 0.717) is 10.6 Å². The normalized spacial score (nSPS) is 13.2. The minimum Gasteiger partial charge on any atom is -0.495 e. The van der Waals surface area contributed by atoms with Crippen LogP contribution in [0.25, 0.3) is 0 Å². The first-order chi connectivity index (χ1) is 8.02. The van der Waals surface area contributed by atoms with Crippen LogP contribution in [0.4, 0.5) is 0 Å². The van der Waals surface area contributed by atoms with Crippen LogP contribution in [-0.4, -0.2) is 42.0 Å². The van der Waals surface area contributed by atoms with Gasteiger partial charge in [-0.1, -0.05) is 5.16 Å². The average Bonchev–Trinajstić information content (AvgIpc) is 2.83. The number of hydrogen-bond acceptors (Lipinski definition) is 5. The Morgan fingerprint density at radius 2 is 2.35 bits per heavy atom. The third-order valence-corrected chi connectivity index (χ3v) is 3.37. The van der Waals surface area contributed by atoms with Gasteiger partial charge in [-0.25, -0.2) is 0 Å². The summed E-state index contributed by atoms with van der Waals surface area (Å²) in [5.41, 5.74) is 5.46. The molecule has 3 N–H and O–H groups in total. The highest BCUT2D eigenvalue weighted by atomic mass is 32.1. The first-order valence-corrected chi connectivity index (χ1v) is 5.77. The molecule has 1 atom stereocenters. The Hall–Kier alpha value is -1.76. The van der Waals surface area contributed by atoms with Crippen molar-refractivity contribution in [1.29, 1.82) is 0 Å². The van der Waals surface area contributed by atoms with Gasteiger partial charge in [-0.15, -0.1) is 11.3 Å². The van der Waals surface area contributed by atoms with E-state index >= 15 is 0 Å². The molecule has 1 aromatic heterocycles. The van der Waals surface area contributed by atoms with E-state index in [1.165, 1.54) is 23.3 Å². The van der Waals surface area contributed by atoms with E-state index in [2.05, 4.69) is 5.16 Å². The summed E-state index contributed by atoms with van der Waals surface area (Å²) < 4.78 is 5.08. The van der Waals surface area contributed by atoms with Gasteiger partial charge in [0.2, 0.25) is 0 Å². The van der Waals surface area contributed by atoms with Crippen LogP contribution in [0.5, 0.6) is 5.75 Å². The highest BCUT2D eigenvalue weighted by Gasteiger charge is 2.24. The molecule has 0 saturated heterocycles. The Morgan fingerprint density at radius 1 is 1.71 bits per heavy atom. The minimum absolute atomic E-state index is 0.0172. The predicted molar refractivity (Wildman–Crippen MR) is 65.8 cm³/mol. The van der Waals surface area contributed by atoms with Crippen LogP contribution in [0.3, 0.4) is 0 Å². The topological polar surface area (TPSA) is 88.2 Å². The summed E-state index contributed by atoms with van der Waals surface area (Å²) in [7, 11) is 3.09. The first-order valence-electron chi connectivity index (χ1n) is 4.89. The second kappa shape index (κ2) is 5.53. The Labute approximate surface area is 103 Å². The van der Waals surface area contributed by atoms with E-state index in [9.17, 15) is 4.79 Å². The van der Waals surface area contributed by atoms with Crippen LogP contribution in [0.2, 0.25) is 0 Å². The van der Waals surface area contributed by atoms with E-state index in [4.69, 9.17) is 15.7 Å². The zero-order chi connectivity index (χ0) is 13.0. The van der Waals surface area contributed by atoms with Crippen LogP contribution in [0.15, 0.2) is 16.6 Å². The number of amidine groups is 1. The van der Waals surface area contributed by atoms with Crippen molar-refractivity contribution >= 4 is 23.1 Å². The van der Waals surface area contributed by atoms with E-state index in [0.717, 1.165) is 0 Å². The molecule has 1 amide bonds. The highest BCUT2D eigenvalue weighted by Crippen LogP contribution is 2.26. The average molecular weight is 257 g/mol. The van der Waals surface area contributed by atoms with Gasteiger partial charge in [-0.05, 0) is 18.4 Å². The first kappa shape index (κ1) is 13.3. The van der Waals surface area contributed by atoms with Crippen molar-refractivity contribution < 1.29 is 14.7 Å². The summed E-state index contributed by atoms with van der Waals surface area (Å²) in [6.07, 6.45) is 0. The van der Waals surface area contributed by atoms with Gasteiger partial charge >= 0.3 is 0 Å². The summed E-state index contributed by atoms with van der Waals surface area (Å²) in [6, 6.07) is 1.24. The number of likely N-dealkylation sites (N-methyl/N-ethyl adjacent to an activating group) is 1. The van der Waals surface area contributed by atoms with Crippen LogP contribution in [0, 0.1) is 0 Å². The lowest BCUT2D eigenvalue weighted by molar-refractivity contribution is 0.0778. The molecule has 0 spiro atoms. The quantitative estimate of drug-likeness (QED) is 0.364. The van der Waals surface area contributed by atoms with Crippen molar-refractivity contribution in [1.82, 2.24) is 4.90 Å². The Balaban J connectivity index is 2.90. The van der Waals surface area contributed by atoms with Gasteiger partial charge in [0.05, 0.1) is 13.2 Å². The van der Waals surface area contributed by atoms with Gasteiger partial charge < -0.3 is 20.6 Å². The fourth-order valence-electron chi connectivity index (χ4n) is 1.23. The lowest BCUT2D eigenvalue weighted by Crippen LogP contribution is -2.43. The fraction of sp³-hybridized carbons (Fsp3) is 0.400. The molecule has 1 aromatic rings. The number of ether oxygens (including phenoxy) is 1. The van der Waals surface area contributed by atoms with Crippen LogP contribution in [0.1, 0.15) is 16.6 Å². The molecule has 94 valence electrons. The zero-order valence-corrected chi connectivity index (χ0v) is 10.7. The lowest BCUT2D eigenvalue weighted by atomic mass is 10.2. The summed E-state index contributed by atoms with van der Waals surface area (Å²) in [6.45, 7) is 1.67. The van der Waals surface area contributed by atoms with Crippen LogP contribution in [-0.2, 0) is 0 Å². The number of hydrogen-bond donors (Lipinski definition) is 2. The Kier molecular flexibility index (Phi) is 4.33. The third-order valence-electron chi connectivity index (χ3n) is 2.49. The number of carbonyl (C=O) groups excluding carboxylic acids is 1. The molecule has 0 aliphatic rings. The lowest BCUT2D eigenvalue weighted by Gasteiger charge is -2.23. The number of thiophene rings is 1. The second-order valence-electron chi connectivity index (χ2n) is 3.43. The van der Waals surface area contributed by atoms with E-state index in [1.807, 2.05) is 0 Å². The molecule has 1 unspecified atom stereocenters. The number of oxime groups is 1. The Morgan fingerprint density at radius 3 is 2.88 bits per heavy atom. The SMILES string of the molecule is COc1ccsc1C(=O)N(C)C(C)/C(N)=N/O. The smallest absolute Gasteiger partial charge is 0.268 e. The van der Waals surface area contributed by atoms with Crippen molar-refractivity contribution in [3.63, 3.8) is 0 Å². The van der Waals surface area contributed by atoms with E-state index < -0.39 is 6.04 Å². The monoisotopic (exact) mass is 257 g/mol. The molecule has 0 aromatic carbocycles. The summed E-state index contributed by atoms with van der Waals surface area (Å²) in [4.78, 5) is 14.0. The number of nitrogens with zero attached hydrogens (tertiary/aromatic N) is 2. The van der Waals surface area contributed by atoms with Crippen LogP contribution < -0.4 is 10.5 Å². The van der Waals surface area contributed by atoms with Gasteiger partial charge in [-0.2, -0.15) is 0 Å². The number of carbonyl (C=O) groups is 1. The van der Waals surface area contributed by atoms with Gasteiger partial charge in [-0.3, -0.25) is 4.79 Å². The van der Waals surface area contributed by atoms with Crippen molar-refractivity contribution in [2.45, 2.75) is 13.0 Å². The molecule has 0 fully saturated rings. The zero-order valence-electron chi connectivity index (χ0n) is 9.88.